The lowest BCUT2D eigenvalue weighted by molar-refractivity contribution is -0.150. The van der Waals surface area contributed by atoms with Gasteiger partial charge in [0, 0.05) is 12.8 Å². The molecule has 268 valence electrons. The summed E-state index contributed by atoms with van der Waals surface area (Å²) in [6.45, 7) is 4.53. The minimum atomic E-state index is -0.709. The Morgan fingerprint density at radius 3 is 0.978 bits per heavy atom. The number of hydrogen-bond acceptors (Lipinski definition) is 3. The summed E-state index contributed by atoms with van der Waals surface area (Å²) in [7, 11) is 0. The molecular weight excluding hydrogens is 556 g/mol. The van der Waals surface area contributed by atoms with E-state index in [4.69, 9.17) is 9.84 Å². The first-order chi connectivity index (χ1) is 22.1. The van der Waals surface area contributed by atoms with Gasteiger partial charge in [-0.15, -0.1) is 0 Å². The first-order valence-corrected chi connectivity index (χ1v) is 20.5. The van der Waals surface area contributed by atoms with Crippen LogP contribution in [0.1, 0.15) is 245 Å². The van der Waals surface area contributed by atoms with E-state index in [0.717, 1.165) is 57.8 Å². The van der Waals surface area contributed by atoms with Crippen LogP contribution in [0.15, 0.2) is 0 Å². The maximum Gasteiger partial charge on any atom is 0.306 e. The van der Waals surface area contributed by atoms with E-state index in [1.54, 1.807) is 0 Å². The third kappa shape index (κ3) is 37.3. The zero-order chi connectivity index (χ0) is 32.9. The number of esters is 1. The molecule has 0 aromatic carbocycles. The molecule has 1 N–H and O–H groups in total. The molecule has 1 atom stereocenters. The van der Waals surface area contributed by atoms with Crippen molar-refractivity contribution in [2.75, 3.05) is 0 Å². The molecule has 0 aliphatic heterocycles. The van der Waals surface area contributed by atoms with Crippen LogP contribution in [0, 0.1) is 0 Å². The quantitative estimate of drug-likeness (QED) is 0.0541. The van der Waals surface area contributed by atoms with Gasteiger partial charge in [0.2, 0.25) is 0 Å². The average Bonchev–Trinajstić information content (AvgIpc) is 3.02. The van der Waals surface area contributed by atoms with E-state index in [1.165, 1.54) is 161 Å². The number of carbonyl (C=O) groups is 2. The molecule has 0 saturated heterocycles. The first kappa shape index (κ1) is 43.9. The van der Waals surface area contributed by atoms with Crippen LogP contribution in [0.25, 0.3) is 0 Å². The summed E-state index contributed by atoms with van der Waals surface area (Å²) in [6.07, 6.45) is 44.4. The molecular formula is C41H80O4. The van der Waals surface area contributed by atoms with Crippen molar-refractivity contribution in [1.82, 2.24) is 0 Å². The van der Waals surface area contributed by atoms with Crippen molar-refractivity contribution in [1.29, 1.82) is 0 Å². The standard InChI is InChI=1S/C41H80O4/c1-3-5-7-9-10-11-12-13-14-15-16-17-18-19-20-21-22-23-24-25-26-28-34-38-41(44)45-39(35-31-27-8-6-4-2)36-32-29-30-33-37-40(42)43/h39H,3-38H2,1-2H3,(H,42,43). The summed E-state index contributed by atoms with van der Waals surface area (Å²) in [4.78, 5) is 23.2. The maximum absolute atomic E-state index is 12.5. The van der Waals surface area contributed by atoms with Gasteiger partial charge in [-0.2, -0.15) is 0 Å². The topological polar surface area (TPSA) is 63.6 Å². The highest BCUT2D eigenvalue weighted by molar-refractivity contribution is 5.69. The van der Waals surface area contributed by atoms with Crippen molar-refractivity contribution in [3.8, 4) is 0 Å². The molecule has 0 radical (unpaired) electrons. The molecule has 0 rings (SSSR count). The third-order valence-electron chi connectivity index (χ3n) is 9.58. The Morgan fingerprint density at radius 1 is 0.400 bits per heavy atom. The van der Waals surface area contributed by atoms with Gasteiger partial charge in [0.1, 0.15) is 6.10 Å². The smallest absolute Gasteiger partial charge is 0.306 e. The maximum atomic E-state index is 12.5. The predicted molar refractivity (Wildman–Crippen MR) is 195 cm³/mol. The number of aliphatic carboxylic acids is 1. The summed E-state index contributed by atoms with van der Waals surface area (Å²) in [5.41, 5.74) is 0. The number of rotatable bonds is 38. The number of hydrogen-bond donors (Lipinski definition) is 1. The molecule has 45 heavy (non-hydrogen) atoms. The SMILES string of the molecule is CCCCCCCCCCCCCCCCCCCCCCCCCC(=O)OC(CCCCCCC)CCCCCCC(=O)O. The van der Waals surface area contributed by atoms with Crippen molar-refractivity contribution >= 4 is 11.9 Å². The lowest BCUT2D eigenvalue weighted by atomic mass is 10.0. The Hall–Kier alpha value is -1.06. The van der Waals surface area contributed by atoms with Gasteiger partial charge in [0.05, 0.1) is 0 Å². The van der Waals surface area contributed by atoms with Crippen LogP contribution in [-0.2, 0) is 14.3 Å². The zero-order valence-electron chi connectivity index (χ0n) is 30.7. The third-order valence-corrected chi connectivity index (χ3v) is 9.58. The van der Waals surface area contributed by atoms with Gasteiger partial charge < -0.3 is 9.84 Å². The second-order valence-electron chi connectivity index (χ2n) is 14.2. The molecule has 1 unspecified atom stereocenters. The summed E-state index contributed by atoms with van der Waals surface area (Å²) >= 11 is 0. The Morgan fingerprint density at radius 2 is 0.667 bits per heavy atom. The van der Waals surface area contributed by atoms with Crippen LogP contribution >= 0.6 is 0 Å². The Bertz CT molecular complexity index is 604. The molecule has 0 amide bonds. The fraction of sp³-hybridized carbons (Fsp3) is 0.951. The summed E-state index contributed by atoms with van der Waals surface area (Å²) in [6, 6.07) is 0. The molecule has 4 nitrogen and oxygen atoms in total. The largest absolute Gasteiger partial charge is 0.481 e. The van der Waals surface area contributed by atoms with Gasteiger partial charge in [0.15, 0.2) is 0 Å². The molecule has 0 aromatic heterocycles. The number of ether oxygens (including phenoxy) is 1. The summed E-state index contributed by atoms with van der Waals surface area (Å²) in [5, 5.41) is 8.80. The zero-order valence-corrected chi connectivity index (χ0v) is 30.7. The lowest BCUT2D eigenvalue weighted by Crippen LogP contribution is -2.18. The second kappa shape index (κ2) is 37.4. The van der Waals surface area contributed by atoms with Gasteiger partial charge in [-0.1, -0.05) is 194 Å². The number of carboxylic acid groups (broad SMARTS) is 1. The van der Waals surface area contributed by atoms with E-state index >= 15 is 0 Å². The monoisotopic (exact) mass is 637 g/mol. The van der Waals surface area contributed by atoms with Crippen molar-refractivity contribution in [2.24, 2.45) is 0 Å². The summed E-state index contributed by atoms with van der Waals surface area (Å²) in [5.74, 6) is -0.720. The number of carbonyl (C=O) groups excluding carboxylic acids is 1. The van der Waals surface area contributed by atoms with E-state index in [-0.39, 0.29) is 18.5 Å². The van der Waals surface area contributed by atoms with E-state index in [0.29, 0.717) is 6.42 Å². The Labute approximate surface area is 282 Å². The predicted octanol–water partition coefficient (Wildman–Crippen LogP) is 14.1. The Balaban J connectivity index is 3.59. The molecule has 0 heterocycles. The van der Waals surface area contributed by atoms with Crippen molar-refractivity contribution in [3.05, 3.63) is 0 Å². The lowest BCUT2D eigenvalue weighted by Gasteiger charge is -2.18. The highest BCUT2D eigenvalue weighted by Crippen LogP contribution is 2.19. The molecule has 0 aliphatic rings. The number of carboxylic acids is 1. The second-order valence-corrected chi connectivity index (χ2v) is 14.2. The molecule has 0 aromatic rings. The highest BCUT2D eigenvalue weighted by atomic mass is 16.5. The number of unbranched alkanes of at least 4 members (excludes halogenated alkanes) is 29. The molecule has 4 heteroatoms. The minimum absolute atomic E-state index is 0.0112. The van der Waals surface area contributed by atoms with E-state index in [9.17, 15) is 9.59 Å². The minimum Gasteiger partial charge on any atom is -0.481 e. The molecule has 0 saturated carbocycles. The van der Waals surface area contributed by atoms with Crippen LogP contribution in [0.5, 0.6) is 0 Å². The van der Waals surface area contributed by atoms with Crippen LogP contribution in [0.3, 0.4) is 0 Å². The van der Waals surface area contributed by atoms with E-state index < -0.39 is 5.97 Å². The average molecular weight is 637 g/mol. The van der Waals surface area contributed by atoms with Gasteiger partial charge >= 0.3 is 11.9 Å². The van der Waals surface area contributed by atoms with E-state index in [1.807, 2.05) is 0 Å². The van der Waals surface area contributed by atoms with Crippen molar-refractivity contribution in [2.45, 2.75) is 251 Å². The van der Waals surface area contributed by atoms with Crippen molar-refractivity contribution in [3.63, 3.8) is 0 Å². The Kier molecular flexibility index (Phi) is 36.5. The first-order valence-electron chi connectivity index (χ1n) is 20.5. The van der Waals surface area contributed by atoms with Crippen molar-refractivity contribution < 1.29 is 19.4 Å². The fourth-order valence-electron chi connectivity index (χ4n) is 6.54. The molecule has 0 spiro atoms. The fourth-order valence-corrected chi connectivity index (χ4v) is 6.54. The van der Waals surface area contributed by atoms with Gasteiger partial charge in [-0.3, -0.25) is 9.59 Å². The van der Waals surface area contributed by atoms with Crippen LogP contribution in [0.2, 0.25) is 0 Å². The highest BCUT2D eigenvalue weighted by Gasteiger charge is 2.14. The van der Waals surface area contributed by atoms with Crippen LogP contribution in [0.4, 0.5) is 0 Å². The molecule has 0 bridgehead atoms. The van der Waals surface area contributed by atoms with Crippen LogP contribution < -0.4 is 0 Å². The normalized spacial score (nSPS) is 12.0. The molecule has 0 aliphatic carbocycles. The summed E-state index contributed by atoms with van der Waals surface area (Å²) < 4.78 is 5.92. The van der Waals surface area contributed by atoms with Crippen LogP contribution in [-0.4, -0.2) is 23.1 Å². The van der Waals surface area contributed by atoms with Gasteiger partial charge in [-0.25, -0.2) is 0 Å². The molecule has 0 fully saturated rings. The van der Waals surface area contributed by atoms with Gasteiger partial charge in [0.25, 0.3) is 0 Å². The van der Waals surface area contributed by atoms with E-state index in [2.05, 4.69) is 13.8 Å². The van der Waals surface area contributed by atoms with Gasteiger partial charge in [-0.05, 0) is 38.5 Å².